The highest BCUT2D eigenvalue weighted by Gasteiger charge is 2.03. The van der Waals surface area contributed by atoms with Gasteiger partial charge >= 0.3 is 0 Å². The maximum absolute atomic E-state index is 12.1. The van der Waals surface area contributed by atoms with Gasteiger partial charge in [0, 0.05) is 25.0 Å². The summed E-state index contributed by atoms with van der Waals surface area (Å²) in [7, 11) is 0. The molecular weight excluding hydrogens is 601 g/mol. The predicted molar refractivity (Wildman–Crippen MR) is 213 cm³/mol. The number of aliphatic hydroxyl groups is 1. The summed E-state index contributed by atoms with van der Waals surface area (Å²) < 4.78 is 6.02. The van der Waals surface area contributed by atoms with Gasteiger partial charge in [0.15, 0.2) is 5.43 Å². The van der Waals surface area contributed by atoms with E-state index in [1.165, 1.54) is 109 Å². The Labute approximate surface area is 301 Å². The second kappa shape index (κ2) is 34.8. The first-order valence-electron chi connectivity index (χ1n) is 20.0. The average Bonchev–Trinajstić information content (AvgIpc) is 3.10. The van der Waals surface area contributed by atoms with Crippen LogP contribution in [0, 0.1) is 24.7 Å². The number of terminal acetylenes is 2. The van der Waals surface area contributed by atoms with Crippen LogP contribution in [0.2, 0.25) is 0 Å². The SMILES string of the molecule is C#C/C=C\CCCCCCCCCCCCCC/C=C\CCCC/C=C\CCCCc1cc(=O)cc(CCCCCC/C=C/C(O)C#C)o1. The van der Waals surface area contributed by atoms with E-state index in [0.29, 0.717) is 0 Å². The van der Waals surface area contributed by atoms with Crippen molar-refractivity contribution in [3.8, 4) is 24.7 Å². The molecule has 1 unspecified atom stereocenters. The van der Waals surface area contributed by atoms with Gasteiger partial charge in [0.1, 0.15) is 17.6 Å². The number of aryl methyl sites for hydroxylation is 2. The summed E-state index contributed by atoms with van der Waals surface area (Å²) in [5.41, 5.74) is 0.0548. The molecule has 0 aromatic carbocycles. The molecule has 0 fully saturated rings. The zero-order valence-electron chi connectivity index (χ0n) is 31.1. The van der Waals surface area contributed by atoms with E-state index in [9.17, 15) is 9.90 Å². The van der Waals surface area contributed by atoms with Crippen LogP contribution < -0.4 is 5.43 Å². The van der Waals surface area contributed by atoms with E-state index in [0.717, 1.165) is 82.1 Å². The van der Waals surface area contributed by atoms with Crippen molar-refractivity contribution in [2.24, 2.45) is 0 Å². The Kier molecular flexibility index (Phi) is 31.3. The molecule has 1 heterocycles. The Morgan fingerprint density at radius 3 is 1.33 bits per heavy atom. The van der Waals surface area contributed by atoms with Crippen LogP contribution in [0.3, 0.4) is 0 Å². The Balaban J connectivity index is 1.90. The van der Waals surface area contributed by atoms with Crippen LogP contribution in [0.25, 0.3) is 0 Å². The lowest BCUT2D eigenvalue weighted by molar-refractivity contribution is 0.280. The van der Waals surface area contributed by atoms with E-state index in [1.807, 2.05) is 12.2 Å². The van der Waals surface area contributed by atoms with Crippen LogP contribution in [0.4, 0.5) is 0 Å². The Bertz CT molecular complexity index is 1150. The van der Waals surface area contributed by atoms with Crippen LogP contribution in [-0.2, 0) is 12.8 Å². The van der Waals surface area contributed by atoms with E-state index in [1.54, 1.807) is 18.2 Å². The lowest BCUT2D eigenvalue weighted by Gasteiger charge is -2.05. The summed E-state index contributed by atoms with van der Waals surface area (Å²) in [5, 5.41) is 9.31. The third-order valence-electron chi connectivity index (χ3n) is 8.98. The fourth-order valence-corrected chi connectivity index (χ4v) is 6.03. The number of hydrogen-bond donors (Lipinski definition) is 1. The van der Waals surface area contributed by atoms with E-state index in [2.05, 4.69) is 42.2 Å². The maximum atomic E-state index is 12.1. The smallest absolute Gasteiger partial charge is 0.185 e. The molecule has 0 aliphatic carbocycles. The summed E-state index contributed by atoms with van der Waals surface area (Å²) in [6.07, 6.45) is 60.6. The molecule has 0 radical (unpaired) electrons. The Hall–Kier alpha value is -3.01. The van der Waals surface area contributed by atoms with Crippen molar-refractivity contribution in [2.75, 3.05) is 0 Å². The van der Waals surface area contributed by atoms with Crippen molar-refractivity contribution >= 4 is 0 Å². The van der Waals surface area contributed by atoms with Gasteiger partial charge in [-0.3, -0.25) is 4.79 Å². The minimum absolute atomic E-state index is 0.0548. The first-order valence-corrected chi connectivity index (χ1v) is 20.0. The minimum atomic E-state index is -0.778. The largest absolute Gasteiger partial charge is 0.466 e. The second-order valence-electron chi connectivity index (χ2n) is 13.6. The fraction of sp³-hybridized carbons (Fsp3) is 0.630. The molecule has 1 rings (SSSR count). The van der Waals surface area contributed by atoms with Gasteiger partial charge < -0.3 is 9.52 Å². The highest BCUT2D eigenvalue weighted by molar-refractivity contribution is 5.09. The molecule has 0 saturated heterocycles. The van der Waals surface area contributed by atoms with Crippen LogP contribution in [-0.4, -0.2) is 11.2 Å². The minimum Gasteiger partial charge on any atom is -0.466 e. The molecule has 272 valence electrons. The molecular formula is C46H70O3. The molecule has 3 heteroatoms. The van der Waals surface area contributed by atoms with E-state index in [-0.39, 0.29) is 5.43 Å². The highest BCUT2D eigenvalue weighted by atomic mass is 16.3. The zero-order valence-corrected chi connectivity index (χ0v) is 31.1. The molecule has 0 aliphatic heterocycles. The summed E-state index contributed by atoms with van der Waals surface area (Å²) in [5.74, 6) is 6.46. The van der Waals surface area contributed by atoms with Crippen LogP contribution in [0.1, 0.15) is 178 Å². The van der Waals surface area contributed by atoms with Crippen molar-refractivity contribution in [3.05, 3.63) is 82.5 Å². The third kappa shape index (κ3) is 30.8. The fourth-order valence-electron chi connectivity index (χ4n) is 6.03. The van der Waals surface area contributed by atoms with Gasteiger partial charge in [-0.2, -0.15) is 0 Å². The molecule has 1 aromatic heterocycles. The highest BCUT2D eigenvalue weighted by Crippen LogP contribution is 2.15. The number of hydrogen-bond acceptors (Lipinski definition) is 3. The number of rotatable bonds is 33. The van der Waals surface area contributed by atoms with Gasteiger partial charge in [-0.25, -0.2) is 0 Å². The summed E-state index contributed by atoms with van der Waals surface area (Å²) in [6, 6.07) is 3.30. The number of unbranched alkanes of at least 4 members (excludes halogenated alkanes) is 22. The molecule has 1 N–H and O–H groups in total. The zero-order chi connectivity index (χ0) is 35.3. The van der Waals surface area contributed by atoms with Gasteiger partial charge in [0.05, 0.1) is 0 Å². The lowest BCUT2D eigenvalue weighted by atomic mass is 10.0. The molecule has 0 aliphatic rings. The van der Waals surface area contributed by atoms with E-state index >= 15 is 0 Å². The van der Waals surface area contributed by atoms with Crippen molar-refractivity contribution in [1.82, 2.24) is 0 Å². The van der Waals surface area contributed by atoms with Crippen LogP contribution >= 0.6 is 0 Å². The maximum Gasteiger partial charge on any atom is 0.185 e. The van der Waals surface area contributed by atoms with Crippen LogP contribution in [0.15, 0.2) is 70.0 Å². The lowest BCUT2D eigenvalue weighted by Crippen LogP contribution is -2.03. The van der Waals surface area contributed by atoms with Gasteiger partial charge in [-0.05, 0) is 102 Å². The standard InChI is InChI=1S/C46H70O3/c1-3-5-6-7-8-9-10-11-12-13-14-15-16-17-18-19-20-21-22-23-24-25-26-27-28-29-33-36-39-45-41-44(48)42-46(49-45)40-37-34-31-30-32-35-38-43(47)4-2/h1-2,5-6,21-22,27-28,35,38,41-43,47H,7-20,23-26,29-34,36-37,39-40H2/b6-5-,22-21-,28-27-,38-35+. The monoisotopic (exact) mass is 671 g/mol. The molecule has 1 aromatic rings. The topological polar surface area (TPSA) is 50.4 Å². The first kappa shape index (κ1) is 44.0. The van der Waals surface area contributed by atoms with Crippen molar-refractivity contribution in [2.45, 2.75) is 186 Å². The van der Waals surface area contributed by atoms with Gasteiger partial charge in [0.25, 0.3) is 0 Å². The van der Waals surface area contributed by atoms with Gasteiger partial charge in [0.2, 0.25) is 0 Å². The Morgan fingerprint density at radius 2 is 0.878 bits per heavy atom. The van der Waals surface area contributed by atoms with Crippen molar-refractivity contribution in [1.29, 1.82) is 0 Å². The van der Waals surface area contributed by atoms with Crippen molar-refractivity contribution in [3.63, 3.8) is 0 Å². The number of aliphatic hydroxyl groups excluding tert-OH is 1. The quantitative estimate of drug-likeness (QED) is 0.0460. The molecule has 49 heavy (non-hydrogen) atoms. The van der Waals surface area contributed by atoms with Gasteiger partial charge in [-0.1, -0.05) is 125 Å². The summed E-state index contributed by atoms with van der Waals surface area (Å²) in [4.78, 5) is 12.1. The first-order chi connectivity index (χ1) is 24.2. The summed E-state index contributed by atoms with van der Waals surface area (Å²) in [6.45, 7) is 0. The molecule has 0 saturated carbocycles. The molecule has 0 amide bonds. The van der Waals surface area contributed by atoms with Crippen LogP contribution in [0.5, 0.6) is 0 Å². The van der Waals surface area contributed by atoms with Gasteiger partial charge in [-0.15, -0.1) is 12.8 Å². The molecule has 0 bridgehead atoms. The summed E-state index contributed by atoms with van der Waals surface area (Å²) >= 11 is 0. The normalized spacial score (nSPS) is 12.5. The second-order valence-corrected chi connectivity index (χ2v) is 13.6. The van der Waals surface area contributed by atoms with Crippen molar-refractivity contribution < 1.29 is 9.52 Å². The molecule has 1 atom stereocenters. The number of allylic oxidation sites excluding steroid dienone is 7. The predicted octanol–water partition coefficient (Wildman–Crippen LogP) is 12.7. The molecule has 3 nitrogen and oxygen atoms in total. The Morgan fingerprint density at radius 1 is 0.531 bits per heavy atom. The molecule has 0 spiro atoms. The third-order valence-corrected chi connectivity index (χ3v) is 8.98. The van der Waals surface area contributed by atoms with E-state index in [4.69, 9.17) is 17.3 Å². The van der Waals surface area contributed by atoms with E-state index < -0.39 is 6.10 Å². The average molecular weight is 671 g/mol.